The van der Waals surface area contributed by atoms with Crippen molar-refractivity contribution >= 4 is 11.9 Å². The van der Waals surface area contributed by atoms with E-state index in [1.54, 1.807) is 0 Å². The van der Waals surface area contributed by atoms with Gasteiger partial charge in [0.2, 0.25) is 5.91 Å². The molecule has 0 aromatic carbocycles. The van der Waals surface area contributed by atoms with E-state index >= 15 is 0 Å². The van der Waals surface area contributed by atoms with Crippen molar-refractivity contribution in [3.8, 4) is 0 Å². The number of hydrogen-bond acceptors (Lipinski definition) is 5. The van der Waals surface area contributed by atoms with Crippen LogP contribution in [0.15, 0.2) is 0 Å². The molecule has 0 heterocycles. The van der Waals surface area contributed by atoms with Crippen molar-refractivity contribution in [2.75, 3.05) is 13.2 Å². The van der Waals surface area contributed by atoms with Gasteiger partial charge >= 0.3 is 5.97 Å². The van der Waals surface area contributed by atoms with Gasteiger partial charge < -0.3 is 20.3 Å². The molecular formula is C67H133NO5. The predicted molar refractivity (Wildman–Crippen MR) is 320 cm³/mol. The molecule has 0 aliphatic rings. The zero-order valence-corrected chi connectivity index (χ0v) is 49.9. The third kappa shape index (κ3) is 60.0. The first-order chi connectivity index (χ1) is 36.0. The molecule has 3 N–H and O–H groups in total. The number of carbonyl (C=O) groups excluding carboxylic acids is 2. The Kier molecular flexibility index (Phi) is 62.4. The fourth-order valence-corrected chi connectivity index (χ4v) is 11.0. The maximum absolute atomic E-state index is 12.5. The Morgan fingerprint density at radius 1 is 0.329 bits per heavy atom. The van der Waals surface area contributed by atoms with Gasteiger partial charge in [-0.15, -0.1) is 0 Å². The molecule has 6 heteroatoms. The van der Waals surface area contributed by atoms with Crippen LogP contribution in [0.5, 0.6) is 0 Å². The fourth-order valence-electron chi connectivity index (χ4n) is 11.0. The van der Waals surface area contributed by atoms with Crippen LogP contribution in [0.4, 0.5) is 0 Å². The molecule has 0 aliphatic carbocycles. The van der Waals surface area contributed by atoms with Gasteiger partial charge in [0.15, 0.2) is 0 Å². The summed E-state index contributed by atoms with van der Waals surface area (Å²) in [4.78, 5) is 24.6. The smallest absolute Gasteiger partial charge is 0.305 e. The monoisotopic (exact) mass is 1030 g/mol. The molecule has 1 amide bonds. The number of esters is 1. The van der Waals surface area contributed by atoms with Crippen LogP contribution in [0.3, 0.4) is 0 Å². The van der Waals surface area contributed by atoms with E-state index in [2.05, 4.69) is 19.2 Å². The first-order valence-corrected chi connectivity index (χ1v) is 33.8. The SMILES string of the molecule is CCCCCCCCCCCCCCCCCCCCCCC(O)C(CO)NC(=O)CCCCCCCCCCCCCCCCCCCCCCCCCOC(=O)CCCCCCCCCCCCCCC. The maximum Gasteiger partial charge on any atom is 0.305 e. The summed E-state index contributed by atoms with van der Waals surface area (Å²) in [5.74, 6) is -0.0121. The van der Waals surface area contributed by atoms with Crippen LogP contribution >= 0.6 is 0 Å². The minimum Gasteiger partial charge on any atom is -0.466 e. The summed E-state index contributed by atoms with van der Waals surface area (Å²) in [5.41, 5.74) is 0. The molecule has 0 saturated heterocycles. The summed E-state index contributed by atoms with van der Waals surface area (Å²) in [6, 6.07) is -0.540. The van der Waals surface area contributed by atoms with E-state index in [1.807, 2.05) is 0 Å². The molecule has 0 radical (unpaired) electrons. The molecule has 0 spiro atoms. The molecule has 0 bridgehead atoms. The Morgan fingerprint density at radius 2 is 0.562 bits per heavy atom. The highest BCUT2D eigenvalue weighted by Crippen LogP contribution is 2.19. The normalized spacial score (nSPS) is 12.4. The van der Waals surface area contributed by atoms with Crippen molar-refractivity contribution in [1.29, 1.82) is 0 Å². The molecule has 2 unspecified atom stereocenters. The minimum absolute atomic E-state index is 0.0173. The number of unbranched alkanes of at least 4 members (excludes halogenated alkanes) is 53. The van der Waals surface area contributed by atoms with Crippen LogP contribution in [0.25, 0.3) is 0 Å². The van der Waals surface area contributed by atoms with Crippen LogP contribution in [-0.2, 0) is 14.3 Å². The Balaban J connectivity index is 3.36. The lowest BCUT2D eigenvalue weighted by molar-refractivity contribution is -0.143. The van der Waals surface area contributed by atoms with Crippen molar-refractivity contribution in [3.05, 3.63) is 0 Å². The maximum atomic E-state index is 12.5. The fraction of sp³-hybridized carbons (Fsp3) is 0.970. The van der Waals surface area contributed by atoms with Gasteiger partial charge in [-0.3, -0.25) is 9.59 Å². The largest absolute Gasteiger partial charge is 0.466 e. The third-order valence-electron chi connectivity index (χ3n) is 16.2. The van der Waals surface area contributed by atoms with Crippen molar-refractivity contribution in [3.63, 3.8) is 0 Å². The Morgan fingerprint density at radius 3 is 0.836 bits per heavy atom. The van der Waals surface area contributed by atoms with Crippen LogP contribution in [0.2, 0.25) is 0 Å². The number of carbonyl (C=O) groups is 2. The highest BCUT2D eigenvalue weighted by Gasteiger charge is 2.20. The molecule has 0 fully saturated rings. The molecule has 0 aliphatic heterocycles. The second-order valence-electron chi connectivity index (χ2n) is 23.5. The van der Waals surface area contributed by atoms with Crippen molar-refractivity contribution in [2.45, 2.75) is 405 Å². The second-order valence-corrected chi connectivity index (χ2v) is 23.5. The van der Waals surface area contributed by atoms with Gasteiger partial charge in [-0.2, -0.15) is 0 Å². The van der Waals surface area contributed by atoms with E-state index in [0.29, 0.717) is 25.9 Å². The Bertz CT molecular complexity index is 1050. The van der Waals surface area contributed by atoms with Crippen molar-refractivity contribution in [1.82, 2.24) is 5.32 Å². The lowest BCUT2D eigenvalue weighted by Crippen LogP contribution is -2.45. The molecule has 6 nitrogen and oxygen atoms in total. The second kappa shape index (κ2) is 63.4. The average Bonchev–Trinajstić information content (AvgIpc) is 3.39. The van der Waals surface area contributed by atoms with Crippen LogP contribution in [0, 0.1) is 0 Å². The number of aliphatic hydroxyl groups excluding tert-OH is 2. The zero-order chi connectivity index (χ0) is 52.9. The number of rotatable bonds is 64. The standard InChI is InChI=1S/C67H133NO5/c1-3-5-7-9-11-13-15-17-18-19-20-26-29-32-36-39-43-47-51-55-59-65(70)64(63-69)68-66(71)60-56-52-48-44-40-37-33-30-27-24-22-21-23-25-28-31-34-38-42-46-50-54-58-62-73-67(72)61-57-53-49-45-41-35-16-14-12-10-8-6-4-2/h64-65,69-70H,3-63H2,1-2H3,(H,68,71). The first kappa shape index (κ1) is 71.9. The quantitative estimate of drug-likeness (QED) is 0.0417. The van der Waals surface area contributed by atoms with Crippen molar-refractivity contribution < 1.29 is 24.5 Å². The molecular weight excluding hydrogens is 899 g/mol. The molecule has 73 heavy (non-hydrogen) atoms. The Labute approximate surface area is 457 Å². The van der Waals surface area contributed by atoms with Gasteiger partial charge in [-0.25, -0.2) is 0 Å². The lowest BCUT2D eigenvalue weighted by atomic mass is 10.0. The number of aliphatic hydroxyl groups is 2. The first-order valence-electron chi connectivity index (χ1n) is 33.8. The highest BCUT2D eigenvalue weighted by molar-refractivity contribution is 5.76. The van der Waals surface area contributed by atoms with Gasteiger partial charge in [-0.05, 0) is 25.7 Å². The van der Waals surface area contributed by atoms with E-state index in [-0.39, 0.29) is 18.5 Å². The third-order valence-corrected chi connectivity index (χ3v) is 16.2. The molecule has 0 aromatic heterocycles. The zero-order valence-electron chi connectivity index (χ0n) is 49.9. The van der Waals surface area contributed by atoms with Crippen molar-refractivity contribution in [2.24, 2.45) is 0 Å². The summed E-state index contributed by atoms with van der Waals surface area (Å²) in [6.45, 7) is 5.00. The summed E-state index contributed by atoms with van der Waals surface area (Å²) < 4.78 is 5.49. The number of nitrogens with one attached hydrogen (secondary N) is 1. The molecule has 0 aromatic rings. The van der Waals surface area contributed by atoms with E-state index in [1.165, 1.54) is 321 Å². The van der Waals surface area contributed by atoms with Crippen LogP contribution in [-0.4, -0.2) is 47.4 Å². The predicted octanol–water partition coefficient (Wildman–Crippen LogP) is 21.4. The van der Waals surface area contributed by atoms with E-state index < -0.39 is 12.1 Å². The summed E-state index contributed by atoms with van der Waals surface area (Å²) in [7, 11) is 0. The average molecular weight is 1030 g/mol. The molecule has 0 saturated carbocycles. The topological polar surface area (TPSA) is 95.9 Å². The van der Waals surface area contributed by atoms with Gasteiger partial charge in [0, 0.05) is 12.8 Å². The molecule has 0 rings (SSSR count). The van der Waals surface area contributed by atoms with E-state index in [4.69, 9.17) is 4.74 Å². The number of ether oxygens (including phenoxy) is 1. The van der Waals surface area contributed by atoms with Gasteiger partial charge in [0.1, 0.15) is 0 Å². The van der Waals surface area contributed by atoms with Crippen LogP contribution in [0.1, 0.15) is 393 Å². The van der Waals surface area contributed by atoms with Gasteiger partial charge in [0.05, 0.1) is 25.4 Å². The molecule has 2 atom stereocenters. The lowest BCUT2D eigenvalue weighted by Gasteiger charge is -2.22. The highest BCUT2D eigenvalue weighted by atomic mass is 16.5. The van der Waals surface area contributed by atoms with Crippen LogP contribution < -0.4 is 5.32 Å². The summed E-state index contributed by atoms with van der Waals surface area (Å²) >= 11 is 0. The summed E-state index contributed by atoms with van der Waals surface area (Å²) in [6.07, 6.45) is 75.6. The van der Waals surface area contributed by atoms with E-state index in [9.17, 15) is 19.8 Å². The molecule has 436 valence electrons. The Hall–Kier alpha value is -1.14. The minimum atomic E-state index is -0.663. The number of amides is 1. The number of hydrogen-bond donors (Lipinski definition) is 3. The van der Waals surface area contributed by atoms with Gasteiger partial charge in [0.25, 0.3) is 0 Å². The van der Waals surface area contributed by atoms with Gasteiger partial charge in [-0.1, -0.05) is 354 Å². The van der Waals surface area contributed by atoms with E-state index in [0.717, 1.165) is 38.5 Å². The summed E-state index contributed by atoms with van der Waals surface area (Å²) in [5, 5.41) is 23.4.